The van der Waals surface area contributed by atoms with Crippen molar-refractivity contribution in [3.63, 3.8) is 0 Å². The first kappa shape index (κ1) is 14.8. The van der Waals surface area contributed by atoms with Gasteiger partial charge in [0.2, 0.25) is 5.91 Å². The molecule has 0 spiro atoms. The smallest absolute Gasteiger partial charge is 0.238 e. The van der Waals surface area contributed by atoms with Crippen LogP contribution in [-0.2, 0) is 4.79 Å². The number of rotatable bonds is 2. The van der Waals surface area contributed by atoms with Crippen LogP contribution in [-0.4, -0.2) is 11.7 Å². The zero-order chi connectivity index (χ0) is 15.0. The molecule has 1 saturated heterocycles. The normalized spacial score (nSPS) is 18.3. The van der Waals surface area contributed by atoms with E-state index in [0.717, 1.165) is 11.3 Å². The molecule has 0 saturated carbocycles. The lowest BCUT2D eigenvalue weighted by Crippen LogP contribution is -2.27. The Morgan fingerprint density at radius 3 is 2.48 bits per heavy atom. The van der Waals surface area contributed by atoms with Crippen LogP contribution >= 0.6 is 35.0 Å². The molecule has 0 radical (unpaired) electrons. The summed E-state index contributed by atoms with van der Waals surface area (Å²) in [6.07, 6.45) is 0. The second-order valence-electron chi connectivity index (χ2n) is 4.94. The fraction of sp³-hybridized carbons (Fsp3) is 0.188. The molecule has 1 aliphatic heterocycles. The molecule has 0 aliphatic carbocycles. The lowest BCUT2D eigenvalue weighted by atomic mass is 10.1. The highest BCUT2D eigenvalue weighted by molar-refractivity contribution is 8.00. The van der Waals surface area contributed by atoms with Crippen molar-refractivity contribution in [1.82, 2.24) is 0 Å². The lowest BCUT2D eigenvalue weighted by Gasteiger charge is -2.24. The summed E-state index contributed by atoms with van der Waals surface area (Å²) in [6, 6.07) is 13.6. The van der Waals surface area contributed by atoms with Gasteiger partial charge < -0.3 is 0 Å². The predicted octanol–water partition coefficient (Wildman–Crippen LogP) is 5.08. The molecule has 2 aromatic rings. The quantitative estimate of drug-likeness (QED) is 0.761. The third kappa shape index (κ3) is 2.91. The van der Waals surface area contributed by atoms with Crippen molar-refractivity contribution >= 4 is 46.6 Å². The van der Waals surface area contributed by atoms with Crippen LogP contribution in [0.25, 0.3) is 0 Å². The molecule has 1 aliphatic rings. The standard InChI is InChI=1S/C16H13Cl2NOS/c1-10-2-4-11(5-3-10)16-19(15(20)9-21-16)12-6-7-13(17)14(18)8-12/h2-8,16H,9H2,1H3. The molecule has 0 aromatic heterocycles. The second-order valence-corrected chi connectivity index (χ2v) is 6.82. The zero-order valence-electron chi connectivity index (χ0n) is 11.3. The minimum absolute atomic E-state index is 0.0182. The number of hydrogen-bond donors (Lipinski definition) is 0. The van der Waals surface area contributed by atoms with Crippen molar-refractivity contribution in [1.29, 1.82) is 0 Å². The van der Waals surface area contributed by atoms with Crippen LogP contribution in [0.5, 0.6) is 0 Å². The highest BCUT2D eigenvalue weighted by Gasteiger charge is 2.34. The highest BCUT2D eigenvalue weighted by Crippen LogP contribution is 2.42. The summed E-state index contributed by atoms with van der Waals surface area (Å²) in [4.78, 5) is 14.0. The van der Waals surface area contributed by atoms with Gasteiger partial charge in [-0.1, -0.05) is 53.0 Å². The van der Waals surface area contributed by atoms with E-state index in [0.29, 0.717) is 15.8 Å². The van der Waals surface area contributed by atoms with Crippen LogP contribution in [0.1, 0.15) is 16.5 Å². The average molecular weight is 338 g/mol. The Hall–Kier alpha value is -1.16. The van der Waals surface area contributed by atoms with E-state index < -0.39 is 0 Å². The number of aryl methyl sites for hydroxylation is 1. The van der Waals surface area contributed by atoms with Gasteiger partial charge in [0, 0.05) is 5.69 Å². The van der Waals surface area contributed by atoms with E-state index in [-0.39, 0.29) is 11.3 Å². The molecule has 108 valence electrons. The summed E-state index contributed by atoms with van der Waals surface area (Å²) in [6.45, 7) is 2.05. The molecule has 21 heavy (non-hydrogen) atoms. The summed E-state index contributed by atoms with van der Waals surface area (Å²) < 4.78 is 0. The van der Waals surface area contributed by atoms with Gasteiger partial charge in [-0.15, -0.1) is 11.8 Å². The van der Waals surface area contributed by atoms with Crippen molar-refractivity contribution in [2.24, 2.45) is 0 Å². The Morgan fingerprint density at radius 1 is 1.10 bits per heavy atom. The summed E-state index contributed by atoms with van der Waals surface area (Å²) in [7, 11) is 0. The highest BCUT2D eigenvalue weighted by atomic mass is 35.5. The number of amides is 1. The van der Waals surface area contributed by atoms with Gasteiger partial charge in [0.15, 0.2) is 0 Å². The number of thioether (sulfide) groups is 1. The minimum atomic E-state index is -0.0182. The molecule has 2 nitrogen and oxygen atoms in total. The van der Waals surface area contributed by atoms with Gasteiger partial charge in [0.1, 0.15) is 5.37 Å². The summed E-state index contributed by atoms with van der Waals surface area (Å²) >= 11 is 13.7. The van der Waals surface area contributed by atoms with Crippen LogP contribution in [0.4, 0.5) is 5.69 Å². The molecule has 1 heterocycles. The van der Waals surface area contributed by atoms with Crippen molar-refractivity contribution in [3.8, 4) is 0 Å². The average Bonchev–Trinajstić information content (AvgIpc) is 2.85. The predicted molar refractivity (Wildman–Crippen MR) is 90.3 cm³/mol. The number of carbonyl (C=O) groups is 1. The molecular formula is C16H13Cl2NOS. The fourth-order valence-electron chi connectivity index (χ4n) is 2.32. The van der Waals surface area contributed by atoms with Gasteiger partial charge in [-0.2, -0.15) is 0 Å². The molecule has 5 heteroatoms. The number of hydrogen-bond acceptors (Lipinski definition) is 2. The number of carbonyl (C=O) groups excluding carboxylic acids is 1. The Morgan fingerprint density at radius 2 is 1.81 bits per heavy atom. The monoisotopic (exact) mass is 337 g/mol. The van der Waals surface area contributed by atoms with Gasteiger partial charge in [-0.3, -0.25) is 9.69 Å². The molecule has 1 fully saturated rings. The lowest BCUT2D eigenvalue weighted by molar-refractivity contribution is -0.115. The van der Waals surface area contributed by atoms with E-state index in [1.165, 1.54) is 5.56 Å². The van der Waals surface area contributed by atoms with Gasteiger partial charge in [-0.05, 0) is 30.7 Å². The van der Waals surface area contributed by atoms with E-state index in [1.54, 1.807) is 28.8 Å². The number of halogens is 2. The van der Waals surface area contributed by atoms with Crippen LogP contribution in [0.3, 0.4) is 0 Å². The van der Waals surface area contributed by atoms with E-state index >= 15 is 0 Å². The summed E-state index contributed by atoms with van der Waals surface area (Å²) in [5.74, 6) is 0.558. The van der Waals surface area contributed by atoms with Gasteiger partial charge in [0.25, 0.3) is 0 Å². The molecule has 1 atom stereocenters. The Labute approximate surface area is 138 Å². The first-order chi connectivity index (χ1) is 10.1. The summed E-state index contributed by atoms with van der Waals surface area (Å²) in [5, 5.41) is 0.934. The van der Waals surface area contributed by atoms with Crippen molar-refractivity contribution in [2.45, 2.75) is 12.3 Å². The maximum absolute atomic E-state index is 12.3. The molecule has 1 unspecified atom stereocenters. The van der Waals surface area contributed by atoms with Crippen LogP contribution in [0.2, 0.25) is 10.0 Å². The maximum Gasteiger partial charge on any atom is 0.238 e. The van der Waals surface area contributed by atoms with Crippen molar-refractivity contribution in [3.05, 3.63) is 63.6 Å². The molecule has 1 amide bonds. The molecule has 0 N–H and O–H groups in total. The maximum atomic E-state index is 12.3. The van der Waals surface area contributed by atoms with E-state index in [1.807, 2.05) is 13.0 Å². The largest absolute Gasteiger partial charge is 0.295 e. The van der Waals surface area contributed by atoms with Gasteiger partial charge >= 0.3 is 0 Å². The molecule has 3 rings (SSSR count). The third-order valence-corrected chi connectivity index (χ3v) is 5.36. The molecule has 0 bridgehead atoms. The van der Waals surface area contributed by atoms with E-state index in [2.05, 4.69) is 24.3 Å². The zero-order valence-corrected chi connectivity index (χ0v) is 13.7. The Balaban J connectivity index is 1.99. The number of nitrogens with zero attached hydrogens (tertiary/aromatic N) is 1. The fourth-order valence-corrected chi connectivity index (χ4v) is 3.79. The van der Waals surface area contributed by atoms with Gasteiger partial charge in [0.05, 0.1) is 15.8 Å². The van der Waals surface area contributed by atoms with Crippen LogP contribution in [0, 0.1) is 6.92 Å². The van der Waals surface area contributed by atoms with Crippen molar-refractivity contribution < 1.29 is 4.79 Å². The van der Waals surface area contributed by atoms with Crippen LogP contribution < -0.4 is 4.90 Å². The van der Waals surface area contributed by atoms with E-state index in [9.17, 15) is 4.79 Å². The topological polar surface area (TPSA) is 20.3 Å². The SMILES string of the molecule is Cc1ccc(C2SCC(=O)N2c2ccc(Cl)c(Cl)c2)cc1. The number of anilines is 1. The summed E-state index contributed by atoms with van der Waals surface area (Å²) in [5.41, 5.74) is 3.10. The van der Waals surface area contributed by atoms with Gasteiger partial charge in [-0.25, -0.2) is 0 Å². The van der Waals surface area contributed by atoms with E-state index in [4.69, 9.17) is 23.2 Å². The first-order valence-corrected chi connectivity index (χ1v) is 8.32. The first-order valence-electron chi connectivity index (χ1n) is 6.51. The third-order valence-electron chi connectivity index (χ3n) is 3.41. The number of benzene rings is 2. The second kappa shape index (κ2) is 5.91. The van der Waals surface area contributed by atoms with Crippen LogP contribution in [0.15, 0.2) is 42.5 Å². The minimum Gasteiger partial charge on any atom is -0.295 e. The van der Waals surface area contributed by atoms with Crippen molar-refractivity contribution in [2.75, 3.05) is 10.7 Å². The Bertz CT molecular complexity index is 687. The Kier molecular flexibility index (Phi) is 4.16. The molecular weight excluding hydrogens is 325 g/mol. The molecule has 2 aromatic carbocycles.